The molecule has 2 amide bonds. The SMILES string of the molecule is C=C1C(=O)N(C(C)C)C(=O)c2nccnc21. The molecule has 0 N–H and O–H groups in total. The van der Waals surface area contributed by atoms with Crippen LogP contribution in [-0.4, -0.2) is 32.7 Å². The summed E-state index contributed by atoms with van der Waals surface area (Å²) in [5, 5.41) is 0. The van der Waals surface area contributed by atoms with Crippen molar-refractivity contribution < 1.29 is 9.59 Å². The molecular weight excluding hydrogens is 206 g/mol. The van der Waals surface area contributed by atoms with Crippen molar-refractivity contribution in [1.82, 2.24) is 14.9 Å². The highest BCUT2D eigenvalue weighted by Gasteiger charge is 2.37. The predicted molar refractivity (Wildman–Crippen MR) is 57.4 cm³/mol. The van der Waals surface area contributed by atoms with Crippen molar-refractivity contribution in [3.63, 3.8) is 0 Å². The zero-order valence-electron chi connectivity index (χ0n) is 9.10. The van der Waals surface area contributed by atoms with E-state index in [2.05, 4.69) is 16.5 Å². The molecule has 82 valence electrons. The number of nitrogens with zero attached hydrogens (tertiary/aromatic N) is 3. The van der Waals surface area contributed by atoms with E-state index in [0.29, 0.717) is 0 Å². The summed E-state index contributed by atoms with van der Waals surface area (Å²) in [6.45, 7) is 7.19. The van der Waals surface area contributed by atoms with Gasteiger partial charge in [-0.05, 0) is 13.8 Å². The van der Waals surface area contributed by atoms with Crippen molar-refractivity contribution >= 4 is 17.4 Å². The first kappa shape index (κ1) is 10.5. The van der Waals surface area contributed by atoms with Gasteiger partial charge >= 0.3 is 0 Å². The lowest BCUT2D eigenvalue weighted by atomic mass is 10.0. The zero-order valence-corrected chi connectivity index (χ0v) is 9.10. The van der Waals surface area contributed by atoms with Crippen LogP contribution < -0.4 is 0 Å². The van der Waals surface area contributed by atoms with Gasteiger partial charge in [0.2, 0.25) is 0 Å². The summed E-state index contributed by atoms with van der Waals surface area (Å²) in [7, 11) is 0. The van der Waals surface area contributed by atoms with E-state index in [-0.39, 0.29) is 23.0 Å². The van der Waals surface area contributed by atoms with Crippen LogP contribution >= 0.6 is 0 Å². The molecule has 1 aromatic rings. The third-order valence-corrected chi connectivity index (χ3v) is 2.40. The van der Waals surface area contributed by atoms with Gasteiger partial charge in [-0.25, -0.2) is 4.98 Å². The molecule has 0 fully saturated rings. The van der Waals surface area contributed by atoms with Crippen molar-refractivity contribution in [2.75, 3.05) is 0 Å². The fourth-order valence-electron chi connectivity index (χ4n) is 1.64. The molecular formula is C11H11N3O2. The molecule has 1 aliphatic rings. The molecule has 0 unspecified atom stereocenters. The van der Waals surface area contributed by atoms with Crippen LogP contribution in [0, 0.1) is 0 Å². The van der Waals surface area contributed by atoms with E-state index in [1.165, 1.54) is 12.4 Å². The number of fused-ring (bicyclic) bond motifs is 1. The molecule has 0 bridgehead atoms. The fraction of sp³-hybridized carbons (Fsp3) is 0.273. The third-order valence-electron chi connectivity index (χ3n) is 2.40. The molecule has 5 nitrogen and oxygen atoms in total. The Kier molecular flexibility index (Phi) is 2.30. The maximum atomic E-state index is 12.0. The second kappa shape index (κ2) is 3.52. The normalized spacial score (nSPS) is 15.7. The summed E-state index contributed by atoms with van der Waals surface area (Å²) in [6, 6.07) is -0.216. The van der Waals surface area contributed by atoms with Gasteiger partial charge in [-0.1, -0.05) is 6.58 Å². The highest BCUT2D eigenvalue weighted by Crippen LogP contribution is 2.25. The summed E-state index contributed by atoms with van der Waals surface area (Å²) >= 11 is 0. The van der Waals surface area contributed by atoms with Crippen molar-refractivity contribution in [3.8, 4) is 0 Å². The predicted octanol–water partition coefficient (Wildman–Crippen LogP) is 0.881. The summed E-state index contributed by atoms with van der Waals surface area (Å²) in [5.41, 5.74) is 0.701. The van der Waals surface area contributed by atoms with Gasteiger partial charge in [0.05, 0.1) is 5.57 Å². The Morgan fingerprint density at radius 2 is 1.69 bits per heavy atom. The Morgan fingerprint density at radius 3 is 2.25 bits per heavy atom. The lowest BCUT2D eigenvalue weighted by Gasteiger charge is -2.29. The second-order valence-corrected chi connectivity index (χ2v) is 3.81. The van der Waals surface area contributed by atoms with Crippen LogP contribution in [0.25, 0.3) is 5.57 Å². The Bertz CT molecular complexity index is 494. The van der Waals surface area contributed by atoms with E-state index < -0.39 is 11.8 Å². The number of hydrogen-bond acceptors (Lipinski definition) is 4. The Morgan fingerprint density at radius 1 is 1.12 bits per heavy atom. The molecule has 1 aromatic heterocycles. The first-order valence-electron chi connectivity index (χ1n) is 4.92. The van der Waals surface area contributed by atoms with E-state index in [1.54, 1.807) is 13.8 Å². The molecule has 0 aliphatic carbocycles. The monoisotopic (exact) mass is 217 g/mol. The Hall–Kier alpha value is -2.04. The molecule has 0 saturated carbocycles. The Labute approximate surface area is 92.8 Å². The number of imide groups is 1. The highest BCUT2D eigenvalue weighted by atomic mass is 16.2. The van der Waals surface area contributed by atoms with E-state index in [9.17, 15) is 9.59 Å². The van der Waals surface area contributed by atoms with Crippen molar-refractivity contribution in [2.24, 2.45) is 0 Å². The first-order valence-corrected chi connectivity index (χ1v) is 4.92. The number of carbonyl (C=O) groups is 2. The van der Waals surface area contributed by atoms with Crippen LogP contribution in [0.5, 0.6) is 0 Å². The molecule has 1 aliphatic heterocycles. The molecule has 2 heterocycles. The molecule has 5 heteroatoms. The van der Waals surface area contributed by atoms with Crippen LogP contribution in [0.15, 0.2) is 19.0 Å². The molecule has 16 heavy (non-hydrogen) atoms. The number of aromatic nitrogens is 2. The molecule has 0 aromatic carbocycles. The number of rotatable bonds is 1. The lowest BCUT2D eigenvalue weighted by Crippen LogP contribution is -2.46. The van der Waals surface area contributed by atoms with Gasteiger partial charge in [-0.2, -0.15) is 0 Å². The number of hydrogen-bond donors (Lipinski definition) is 0. The largest absolute Gasteiger partial charge is 0.281 e. The minimum Gasteiger partial charge on any atom is -0.270 e. The van der Waals surface area contributed by atoms with Crippen molar-refractivity contribution in [1.29, 1.82) is 0 Å². The molecule has 0 spiro atoms. The lowest BCUT2D eigenvalue weighted by molar-refractivity contribution is -0.124. The number of carbonyl (C=O) groups excluding carboxylic acids is 2. The average Bonchev–Trinajstić information content (AvgIpc) is 2.26. The topological polar surface area (TPSA) is 63.2 Å². The summed E-state index contributed by atoms with van der Waals surface area (Å²) < 4.78 is 0. The highest BCUT2D eigenvalue weighted by molar-refractivity contribution is 6.29. The van der Waals surface area contributed by atoms with Crippen LogP contribution in [0.4, 0.5) is 0 Å². The number of amides is 2. The molecule has 0 saturated heterocycles. The van der Waals surface area contributed by atoms with Crippen molar-refractivity contribution in [3.05, 3.63) is 30.4 Å². The summed E-state index contributed by atoms with van der Waals surface area (Å²) in [5.74, 6) is -0.802. The first-order chi connectivity index (χ1) is 7.54. The summed E-state index contributed by atoms with van der Waals surface area (Å²) in [6.07, 6.45) is 2.87. The maximum absolute atomic E-state index is 12.0. The summed E-state index contributed by atoms with van der Waals surface area (Å²) in [4.78, 5) is 32.9. The van der Waals surface area contributed by atoms with Gasteiger partial charge in [0.25, 0.3) is 11.8 Å². The standard InChI is InChI=1S/C11H11N3O2/c1-6(2)14-10(15)7(3)8-9(11(14)16)13-5-4-12-8/h4-6H,3H2,1-2H3. The quantitative estimate of drug-likeness (QED) is 0.517. The van der Waals surface area contributed by atoms with Gasteiger partial charge in [0.1, 0.15) is 5.69 Å². The second-order valence-electron chi connectivity index (χ2n) is 3.81. The van der Waals surface area contributed by atoms with Gasteiger partial charge in [0, 0.05) is 18.4 Å². The van der Waals surface area contributed by atoms with Gasteiger partial charge in [0.15, 0.2) is 5.69 Å². The fourth-order valence-corrected chi connectivity index (χ4v) is 1.64. The van der Waals surface area contributed by atoms with E-state index in [4.69, 9.17) is 0 Å². The molecule has 0 radical (unpaired) electrons. The maximum Gasteiger partial charge on any atom is 0.281 e. The van der Waals surface area contributed by atoms with Gasteiger partial charge < -0.3 is 0 Å². The van der Waals surface area contributed by atoms with Gasteiger partial charge in [-0.3, -0.25) is 19.5 Å². The van der Waals surface area contributed by atoms with E-state index >= 15 is 0 Å². The molecule has 0 atom stereocenters. The van der Waals surface area contributed by atoms with E-state index in [0.717, 1.165) is 4.90 Å². The minimum absolute atomic E-state index is 0.195. The minimum atomic E-state index is -0.407. The third kappa shape index (κ3) is 1.32. The van der Waals surface area contributed by atoms with Gasteiger partial charge in [-0.15, -0.1) is 0 Å². The average molecular weight is 217 g/mol. The van der Waals surface area contributed by atoms with Crippen LogP contribution in [0.3, 0.4) is 0 Å². The smallest absolute Gasteiger partial charge is 0.270 e. The van der Waals surface area contributed by atoms with E-state index in [1.807, 2.05) is 0 Å². The van der Waals surface area contributed by atoms with Crippen molar-refractivity contribution in [2.45, 2.75) is 19.9 Å². The van der Waals surface area contributed by atoms with Crippen LogP contribution in [0.1, 0.15) is 30.0 Å². The van der Waals surface area contributed by atoms with Crippen LogP contribution in [0.2, 0.25) is 0 Å². The Balaban J connectivity index is 2.61. The molecule has 2 rings (SSSR count). The zero-order chi connectivity index (χ0) is 11.9. The van der Waals surface area contributed by atoms with Crippen LogP contribution in [-0.2, 0) is 4.79 Å².